The molecule has 0 bridgehead atoms. The monoisotopic (exact) mass is 265 g/mol. The van der Waals surface area contributed by atoms with Gasteiger partial charge in [0.2, 0.25) is 20.0 Å². The van der Waals surface area contributed by atoms with Crippen molar-refractivity contribution in [3.05, 3.63) is 17.7 Å². The molecule has 0 radical (unpaired) electrons. The fraction of sp³-hybridized carbons (Fsp3) is 0.143. The second kappa shape index (κ2) is 3.70. The lowest BCUT2D eigenvalue weighted by atomic mass is 10.2. The largest absolute Gasteiger partial charge is 0.397 e. The van der Waals surface area contributed by atoms with Gasteiger partial charge in [0, 0.05) is 0 Å². The lowest BCUT2D eigenvalue weighted by molar-refractivity contribution is 0.596. The second-order valence-corrected chi connectivity index (χ2v) is 6.32. The zero-order valence-electron chi connectivity index (χ0n) is 8.34. The molecule has 0 fully saturated rings. The number of anilines is 1. The van der Waals surface area contributed by atoms with E-state index in [2.05, 4.69) is 0 Å². The Labute approximate surface area is 93.3 Å². The van der Waals surface area contributed by atoms with E-state index < -0.39 is 35.5 Å². The number of aryl methyl sites for hydroxylation is 1. The lowest BCUT2D eigenvalue weighted by Crippen LogP contribution is -2.19. The van der Waals surface area contributed by atoms with Gasteiger partial charge in [-0.3, -0.25) is 0 Å². The predicted octanol–water partition coefficient (Wildman–Crippen LogP) is -1.13. The number of primary sulfonamides is 2. The van der Waals surface area contributed by atoms with Crippen LogP contribution >= 0.6 is 0 Å². The highest BCUT2D eigenvalue weighted by atomic mass is 32.2. The first-order chi connectivity index (χ1) is 7.03. The van der Waals surface area contributed by atoms with Crippen molar-refractivity contribution in [3.8, 4) is 0 Å². The van der Waals surface area contributed by atoms with E-state index in [4.69, 9.17) is 16.0 Å². The Hall–Kier alpha value is -1.16. The van der Waals surface area contributed by atoms with Gasteiger partial charge in [0.05, 0.1) is 5.69 Å². The molecule has 0 saturated heterocycles. The quantitative estimate of drug-likeness (QED) is 0.579. The van der Waals surface area contributed by atoms with Crippen LogP contribution in [0.1, 0.15) is 5.56 Å². The number of hydrogen-bond acceptors (Lipinski definition) is 5. The van der Waals surface area contributed by atoms with Gasteiger partial charge < -0.3 is 5.73 Å². The Morgan fingerprint density at radius 3 is 1.50 bits per heavy atom. The molecule has 1 aromatic rings. The van der Waals surface area contributed by atoms with Crippen LogP contribution in [-0.2, 0) is 20.0 Å². The normalized spacial score (nSPS) is 12.7. The molecule has 0 atom stereocenters. The van der Waals surface area contributed by atoms with Gasteiger partial charge in [0.15, 0.2) is 0 Å². The maximum atomic E-state index is 11.1. The fourth-order valence-corrected chi connectivity index (χ4v) is 2.80. The molecule has 0 amide bonds. The summed E-state index contributed by atoms with van der Waals surface area (Å²) in [6, 6.07) is 2.36. The third-order valence-electron chi connectivity index (χ3n) is 1.86. The average Bonchev–Trinajstić information content (AvgIpc) is 2.04. The Kier molecular flexibility index (Phi) is 2.98. The molecule has 0 aliphatic carbocycles. The molecule has 1 rings (SSSR count). The first-order valence-electron chi connectivity index (χ1n) is 3.99. The molecule has 6 N–H and O–H groups in total. The smallest absolute Gasteiger partial charge is 0.240 e. The van der Waals surface area contributed by atoms with E-state index in [9.17, 15) is 16.8 Å². The summed E-state index contributed by atoms with van der Waals surface area (Å²) in [7, 11) is -8.17. The van der Waals surface area contributed by atoms with Crippen LogP contribution in [0, 0.1) is 6.92 Å². The van der Waals surface area contributed by atoms with Crippen molar-refractivity contribution in [3.63, 3.8) is 0 Å². The van der Waals surface area contributed by atoms with Gasteiger partial charge in [-0.2, -0.15) is 0 Å². The fourth-order valence-electron chi connectivity index (χ4n) is 1.20. The molecule has 7 nitrogen and oxygen atoms in total. The van der Waals surface area contributed by atoms with E-state index in [1.54, 1.807) is 0 Å². The van der Waals surface area contributed by atoms with E-state index in [1.807, 2.05) is 0 Å². The number of rotatable bonds is 2. The van der Waals surface area contributed by atoms with Gasteiger partial charge in [-0.1, -0.05) is 0 Å². The summed E-state index contributed by atoms with van der Waals surface area (Å²) in [6.07, 6.45) is 0. The number of nitrogen functional groups attached to an aromatic ring is 1. The molecule has 0 saturated carbocycles. The van der Waals surface area contributed by atoms with Crippen molar-refractivity contribution in [2.45, 2.75) is 16.7 Å². The number of benzene rings is 1. The maximum Gasteiger partial charge on any atom is 0.240 e. The number of nitrogens with two attached hydrogens (primary N) is 3. The predicted molar refractivity (Wildman–Crippen MR) is 58.3 cm³/mol. The Bertz CT molecular complexity index is 581. The van der Waals surface area contributed by atoms with E-state index in [-0.39, 0.29) is 0 Å². The SMILES string of the molecule is Cc1cc(S(N)(=O)=O)c(N)c(S(N)(=O)=O)c1. The number of sulfonamides is 2. The molecule has 90 valence electrons. The van der Waals surface area contributed by atoms with Crippen LogP contribution in [0.3, 0.4) is 0 Å². The maximum absolute atomic E-state index is 11.1. The van der Waals surface area contributed by atoms with Gasteiger partial charge in [-0.25, -0.2) is 27.1 Å². The Balaban J connectivity index is 3.78. The second-order valence-electron chi connectivity index (χ2n) is 3.26. The first-order valence-corrected chi connectivity index (χ1v) is 7.08. The summed E-state index contributed by atoms with van der Waals surface area (Å²) in [5.74, 6) is 0. The molecule has 0 aliphatic heterocycles. The molecule has 9 heteroatoms. The molecule has 0 aliphatic rings. The zero-order chi connectivity index (χ0) is 12.7. The summed E-state index contributed by atoms with van der Waals surface area (Å²) in [4.78, 5) is -0.895. The van der Waals surface area contributed by atoms with Crippen LogP contribution in [0.5, 0.6) is 0 Å². The zero-order valence-corrected chi connectivity index (χ0v) is 9.97. The van der Waals surface area contributed by atoms with Gasteiger partial charge >= 0.3 is 0 Å². The van der Waals surface area contributed by atoms with Gasteiger partial charge in [0.1, 0.15) is 9.79 Å². The minimum Gasteiger partial charge on any atom is -0.397 e. The van der Waals surface area contributed by atoms with Crippen molar-refractivity contribution >= 4 is 25.7 Å². The molecule has 16 heavy (non-hydrogen) atoms. The minimum absolute atomic E-state index is 0.377. The van der Waals surface area contributed by atoms with E-state index >= 15 is 0 Å². The molecule has 0 heterocycles. The lowest BCUT2D eigenvalue weighted by Gasteiger charge is -2.09. The Morgan fingerprint density at radius 1 is 0.938 bits per heavy atom. The minimum atomic E-state index is -4.08. The Morgan fingerprint density at radius 2 is 1.25 bits per heavy atom. The van der Waals surface area contributed by atoms with Crippen molar-refractivity contribution in [1.29, 1.82) is 0 Å². The highest BCUT2D eigenvalue weighted by Crippen LogP contribution is 2.26. The van der Waals surface area contributed by atoms with Crippen LogP contribution < -0.4 is 16.0 Å². The summed E-state index contributed by atoms with van der Waals surface area (Å²) in [5, 5.41) is 9.79. The molecule has 0 spiro atoms. The summed E-state index contributed by atoms with van der Waals surface area (Å²) < 4.78 is 44.6. The summed E-state index contributed by atoms with van der Waals surface area (Å²) in [5.41, 5.74) is 5.32. The molecule has 0 unspecified atom stereocenters. The highest BCUT2D eigenvalue weighted by Gasteiger charge is 2.21. The summed E-state index contributed by atoms with van der Waals surface area (Å²) in [6.45, 7) is 1.50. The first kappa shape index (κ1) is 12.9. The third kappa shape index (κ3) is 2.50. The van der Waals surface area contributed by atoms with Crippen LogP contribution in [0.4, 0.5) is 5.69 Å². The molecular weight excluding hydrogens is 254 g/mol. The van der Waals surface area contributed by atoms with Crippen LogP contribution in [0.25, 0.3) is 0 Å². The molecule has 0 aromatic heterocycles. The van der Waals surface area contributed by atoms with E-state index in [1.165, 1.54) is 19.1 Å². The van der Waals surface area contributed by atoms with E-state index in [0.717, 1.165) is 0 Å². The molecule has 1 aromatic carbocycles. The average molecular weight is 265 g/mol. The van der Waals surface area contributed by atoms with Crippen LogP contribution in [0.2, 0.25) is 0 Å². The van der Waals surface area contributed by atoms with Gasteiger partial charge in [-0.05, 0) is 24.6 Å². The summed E-state index contributed by atoms with van der Waals surface area (Å²) >= 11 is 0. The van der Waals surface area contributed by atoms with E-state index in [0.29, 0.717) is 5.56 Å². The van der Waals surface area contributed by atoms with Crippen molar-refractivity contribution in [2.24, 2.45) is 10.3 Å². The van der Waals surface area contributed by atoms with Crippen molar-refractivity contribution in [2.75, 3.05) is 5.73 Å². The highest BCUT2D eigenvalue weighted by molar-refractivity contribution is 7.90. The van der Waals surface area contributed by atoms with Gasteiger partial charge in [0.25, 0.3) is 0 Å². The van der Waals surface area contributed by atoms with Gasteiger partial charge in [-0.15, -0.1) is 0 Å². The third-order valence-corrected chi connectivity index (χ3v) is 3.76. The van der Waals surface area contributed by atoms with Crippen molar-refractivity contribution in [1.82, 2.24) is 0 Å². The standard InChI is InChI=1S/C7H11N3O4S2/c1-4-2-5(15(9,11)12)7(8)6(3-4)16(10,13)14/h2-3H,8H2,1H3,(H2,9,11,12)(H2,10,13,14). The van der Waals surface area contributed by atoms with Crippen LogP contribution in [-0.4, -0.2) is 16.8 Å². The van der Waals surface area contributed by atoms with Crippen molar-refractivity contribution < 1.29 is 16.8 Å². The topological polar surface area (TPSA) is 146 Å². The number of hydrogen-bond donors (Lipinski definition) is 3. The van der Waals surface area contributed by atoms with Crippen LogP contribution in [0.15, 0.2) is 21.9 Å². The molecular formula is C7H11N3O4S2.